The highest BCUT2D eigenvalue weighted by atomic mass is 32.2. The topological polar surface area (TPSA) is 102 Å². The second kappa shape index (κ2) is 8.51. The van der Waals surface area contributed by atoms with E-state index in [2.05, 4.69) is 34.7 Å². The summed E-state index contributed by atoms with van der Waals surface area (Å²) < 4.78 is 6.92. The number of fused-ring (bicyclic) bond motifs is 1. The summed E-state index contributed by atoms with van der Waals surface area (Å²) >= 11 is 1.65. The zero-order chi connectivity index (χ0) is 23.0. The van der Waals surface area contributed by atoms with Crippen molar-refractivity contribution >= 4 is 23.6 Å². The number of aromatic nitrogens is 4. The highest BCUT2D eigenvalue weighted by molar-refractivity contribution is 8.01. The largest absolute Gasteiger partial charge is 0.484 e. The molecule has 5 rings (SSSR count). The highest BCUT2D eigenvalue weighted by Crippen LogP contribution is 2.56. The number of β-lactam (4-membered cyclic amide) rings is 1. The molecule has 0 bridgehead atoms. The minimum Gasteiger partial charge on any atom is -0.484 e. The zero-order valence-electron chi connectivity index (χ0n) is 18.3. The quantitative estimate of drug-likeness (QED) is 0.534. The Morgan fingerprint density at radius 1 is 1.12 bits per heavy atom. The van der Waals surface area contributed by atoms with E-state index in [1.54, 1.807) is 33.5 Å². The summed E-state index contributed by atoms with van der Waals surface area (Å²) in [5.41, 5.74) is 1.07. The lowest BCUT2D eigenvalue weighted by atomic mass is 9.95. The molecule has 0 spiro atoms. The van der Waals surface area contributed by atoms with Crippen LogP contribution < -0.4 is 10.1 Å². The summed E-state index contributed by atoms with van der Waals surface area (Å²) in [6.45, 7) is 4.52. The van der Waals surface area contributed by atoms with Gasteiger partial charge in [-0.25, -0.2) is 4.68 Å². The number of carbonyl (C=O) groups excluding carboxylic acids is 2. The second-order valence-corrected chi connectivity index (χ2v) is 10.4. The van der Waals surface area contributed by atoms with Gasteiger partial charge in [-0.15, -0.1) is 16.9 Å². The first kappa shape index (κ1) is 21.4. The fraction of sp³-hybridized carbons (Fsp3) is 0.348. The number of ether oxygens (including phenoxy) is 1. The monoisotopic (exact) mass is 464 g/mol. The summed E-state index contributed by atoms with van der Waals surface area (Å²) in [4.78, 5) is 27.3. The summed E-state index contributed by atoms with van der Waals surface area (Å²) in [6, 6.07) is 18.2. The molecule has 2 amide bonds. The SMILES string of the molecule is CC1(C)S[C@@H]2C(NC(=O)COc3ccccc3)C(=O)N2C1c1nnnn1Cc1ccccc1. The van der Waals surface area contributed by atoms with E-state index < -0.39 is 6.04 Å². The number of amides is 2. The van der Waals surface area contributed by atoms with E-state index in [9.17, 15) is 9.59 Å². The van der Waals surface area contributed by atoms with Gasteiger partial charge in [0.2, 0.25) is 5.91 Å². The average molecular weight is 465 g/mol. The minimum atomic E-state index is -0.593. The maximum absolute atomic E-state index is 13.1. The standard InChI is InChI=1S/C23H24N6O3S/c1-23(2)19(20-25-26-27-28(20)13-15-9-5-3-6-10-15)29-21(31)18(22(29)33-23)24-17(30)14-32-16-11-7-4-8-12-16/h3-12,18-19,22H,13-14H2,1-2H3,(H,24,30)/t18?,19?,22-/m1/s1. The van der Waals surface area contributed by atoms with Crippen molar-refractivity contribution in [1.29, 1.82) is 0 Å². The molecule has 2 unspecified atom stereocenters. The van der Waals surface area contributed by atoms with Crippen LogP contribution in [0.2, 0.25) is 0 Å². The molecule has 0 aliphatic carbocycles. The van der Waals surface area contributed by atoms with Gasteiger partial charge in [0.05, 0.1) is 6.54 Å². The Morgan fingerprint density at radius 2 is 1.82 bits per heavy atom. The third kappa shape index (κ3) is 4.06. The fourth-order valence-electron chi connectivity index (χ4n) is 4.32. The van der Waals surface area contributed by atoms with Crippen LogP contribution in [0.5, 0.6) is 5.75 Å². The molecular weight excluding hydrogens is 440 g/mol. The number of hydrogen-bond donors (Lipinski definition) is 1. The van der Waals surface area contributed by atoms with Gasteiger partial charge < -0.3 is 15.0 Å². The van der Waals surface area contributed by atoms with Crippen molar-refractivity contribution in [3.63, 3.8) is 0 Å². The molecule has 2 aromatic carbocycles. The number of hydrogen-bond acceptors (Lipinski definition) is 7. The molecule has 9 nitrogen and oxygen atoms in total. The maximum Gasteiger partial charge on any atom is 0.258 e. The summed E-state index contributed by atoms with van der Waals surface area (Å²) in [7, 11) is 0. The third-order valence-electron chi connectivity index (χ3n) is 5.85. The van der Waals surface area contributed by atoms with Gasteiger partial charge in [-0.2, -0.15) is 0 Å². The van der Waals surface area contributed by atoms with Crippen molar-refractivity contribution < 1.29 is 14.3 Å². The van der Waals surface area contributed by atoms with Crippen molar-refractivity contribution in [3.05, 3.63) is 72.1 Å². The molecule has 2 aliphatic rings. The summed E-state index contributed by atoms with van der Waals surface area (Å²) in [5.74, 6) is 0.790. The Hall–Kier alpha value is -3.40. The van der Waals surface area contributed by atoms with Crippen molar-refractivity contribution in [1.82, 2.24) is 30.4 Å². The van der Waals surface area contributed by atoms with Gasteiger partial charge in [0, 0.05) is 4.75 Å². The van der Waals surface area contributed by atoms with Crippen LogP contribution in [0.1, 0.15) is 31.3 Å². The fourth-order valence-corrected chi connectivity index (χ4v) is 5.95. The lowest BCUT2D eigenvalue weighted by molar-refractivity contribution is -0.152. The molecule has 2 fully saturated rings. The van der Waals surface area contributed by atoms with Crippen LogP contribution in [0, 0.1) is 0 Å². The molecule has 2 aliphatic heterocycles. The van der Waals surface area contributed by atoms with E-state index in [0.29, 0.717) is 18.1 Å². The first-order valence-electron chi connectivity index (χ1n) is 10.7. The normalized spacial score (nSPS) is 23.0. The van der Waals surface area contributed by atoms with Crippen LogP contribution in [-0.2, 0) is 16.1 Å². The van der Waals surface area contributed by atoms with E-state index in [-0.39, 0.29) is 34.6 Å². The van der Waals surface area contributed by atoms with Crippen LogP contribution in [0.4, 0.5) is 0 Å². The Balaban J connectivity index is 1.28. The number of tetrazole rings is 1. The van der Waals surface area contributed by atoms with Crippen LogP contribution in [0.3, 0.4) is 0 Å². The van der Waals surface area contributed by atoms with Crippen molar-refractivity contribution in [2.24, 2.45) is 0 Å². The molecule has 170 valence electrons. The molecule has 0 radical (unpaired) electrons. The Morgan fingerprint density at radius 3 is 2.55 bits per heavy atom. The third-order valence-corrected chi connectivity index (χ3v) is 7.42. The van der Waals surface area contributed by atoms with E-state index in [1.165, 1.54) is 0 Å². The van der Waals surface area contributed by atoms with Crippen molar-refractivity contribution in [2.45, 2.75) is 42.6 Å². The average Bonchev–Trinajstić information content (AvgIpc) is 3.36. The van der Waals surface area contributed by atoms with Gasteiger partial charge in [-0.1, -0.05) is 48.5 Å². The molecule has 2 saturated heterocycles. The molecule has 3 heterocycles. The van der Waals surface area contributed by atoms with Gasteiger partial charge in [-0.3, -0.25) is 9.59 Å². The van der Waals surface area contributed by atoms with Crippen molar-refractivity contribution in [3.8, 4) is 5.75 Å². The van der Waals surface area contributed by atoms with Crippen LogP contribution in [0.15, 0.2) is 60.7 Å². The van der Waals surface area contributed by atoms with Gasteiger partial charge in [0.15, 0.2) is 12.4 Å². The second-order valence-electron chi connectivity index (χ2n) is 8.59. The number of rotatable bonds is 7. The van der Waals surface area contributed by atoms with E-state index in [4.69, 9.17) is 4.74 Å². The molecule has 1 aromatic heterocycles. The molecule has 3 aromatic rings. The van der Waals surface area contributed by atoms with Gasteiger partial charge in [0.25, 0.3) is 5.91 Å². The predicted octanol–water partition coefficient (Wildman–Crippen LogP) is 2.02. The smallest absolute Gasteiger partial charge is 0.258 e. The Labute approximate surface area is 195 Å². The lowest BCUT2D eigenvalue weighted by Crippen LogP contribution is -2.68. The Bertz CT molecular complexity index is 1150. The first-order chi connectivity index (χ1) is 15.9. The van der Waals surface area contributed by atoms with Gasteiger partial charge in [0.1, 0.15) is 23.2 Å². The van der Waals surface area contributed by atoms with E-state index >= 15 is 0 Å². The van der Waals surface area contributed by atoms with E-state index in [1.807, 2.05) is 48.5 Å². The molecule has 0 saturated carbocycles. The highest BCUT2D eigenvalue weighted by Gasteiger charge is 2.63. The predicted molar refractivity (Wildman–Crippen MR) is 122 cm³/mol. The van der Waals surface area contributed by atoms with Crippen molar-refractivity contribution in [2.75, 3.05) is 6.61 Å². The maximum atomic E-state index is 13.1. The summed E-state index contributed by atoms with van der Waals surface area (Å²) in [6.07, 6.45) is 0. The summed E-state index contributed by atoms with van der Waals surface area (Å²) in [5, 5.41) is 15.0. The number of carbonyl (C=O) groups is 2. The van der Waals surface area contributed by atoms with Crippen LogP contribution in [-0.4, -0.2) is 59.7 Å². The lowest BCUT2D eigenvalue weighted by Gasteiger charge is -2.44. The molecule has 1 N–H and O–H groups in total. The molecule has 33 heavy (non-hydrogen) atoms. The van der Waals surface area contributed by atoms with Gasteiger partial charge in [-0.05, 0) is 42.0 Å². The number of para-hydroxylation sites is 1. The first-order valence-corrected chi connectivity index (χ1v) is 11.6. The van der Waals surface area contributed by atoms with Gasteiger partial charge >= 0.3 is 0 Å². The molecule has 10 heteroatoms. The van der Waals surface area contributed by atoms with E-state index in [0.717, 1.165) is 5.56 Å². The number of benzene rings is 2. The number of thioether (sulfide) groups is 1. The van der Waals surface area contributed by atoms with Crippen LogP contribution in [0.25, 0.3) is 0 Å². The zero-order valence-corrected chi connectivity index (χ0v) is 19.1. The Kier molecular flexibility index (Phi) is 5.53. The molecule has 3 atom stereocenters. The number of nitrogens with zero attached hydrogens (tertiary/aromatic N) is 5. The van der Waals surface area contributed by atoms with Crippen LogP contribution >= 0.6 is 11.8 Å². The minimum absolute atomic E-state index is 0.134. The molecular formula is C23H24N6O3S. The number of nitrogens with one attached hydrogen (secondary N) is 1.